The fraction of sp³-hybridized carbons (Fsp3) is 0.316. The summed E-state index contributed by atoms with van der Waals surface area (Å²) in [6, 6.07) is 8.44. The second-order valence-corrected chi connectivity index (χ2v) is 6.86. The van der Waals surface area contributed by atoms with E-state index in [1.807, 2.05) is 0 Å². The van der Waals surface area contributed by atoms with Crippen molar-refractivity contribution in [1.29, 1.82) is 0 Å². The topological polar surface area (TPSA) is 71.2 Å². The minimum Gasteiger partial charge on any atom is -0.508 e. The number of nitrogens with two attached hydrogens (primary N) is 1. The minimum absolute atomic E-state index is 0.109. The van der Waals surface area contributed by atoms with E-state index in [2.05, 4.69) is 10.3 Å². The lowest BCUT2D eigenvalue weighted by molar-refractivity contribution is -0.137. The lowest BCUT2D eigenvalue weighted by atomic mass is 9.96. The second kappa shape index (κ2) is 5.65. The molecule has 2 aliphatic rings. The first-order valence-electron chi connectivity index (χ1n) is 8.35. The van der Waals surface area contributed by atoms with Crippen LogP contribution < -0.4 is 11.1 Å². The van der Waals surface area contributed by atoms with Crippen molar-refractivity contribution in [2.24, 2.45) is 5.92 Å². The molecule has 2 heterocycles. The van der Waals surface area contributed by atoms with Crippen LogP contribution in [0.5, 0.6) is 0 Å². The molecule has 1 aliphatic carbocycles. The van der Waals surface area contributed by atoms with Gasteiger partial charge in [0.15, 0.2) is 0 Å². The van der Waals surface area contributed by atoms with E-state index in [-0.39, 0.29) is 23.6 Å². The molecule has 1 fully saturated rings. The minimum atomic E-state index is -4.32. The molecular formula is C19H18F3N3O. The normalized spacial score (nSPS) is 24.8. The van der Waals surface area contributed by atoms with Crippen molar-refractivity contribution < 1.29 is 18.3 Å². The Kier molecular flexibility index (Phi) is 3.64. The smallest absolute Gasteiger partial charge is 0.416 e. The van der Waals surface area contributed by atoms with Crippen LogP contribution >= 0.6 is 0 Å². The van der Waals surface area contributed by atoms with Gasteiger partial charge in [0.1, 0.15) is 11.8 Å². The molecule has 1 aromatic carbocycles. The Hall–Kier alpha value is -2.70. The van der Waals surface area contributed by atoms with Gasteiger partial charge in [-0.05, 0) is 49.1 Å². The number of benzene rings is 1. The molecule has 0 spiro atoms. The Morgan fingerprint density at radius 2 is 1.81 bits per heavy atom. The predicted molar refractivity (Wildman–Crippen MR) is 91.2 cm³/mol. The number of aliphatic hydroxyl groups excluding tert-OH is 1. The Morgan fingerprint density at radius 1 is 1.12 bits per heavy atom. The maximum absolute atomic E-state index is 12.6. The first-order chi connectivity index (χ1) is 12.3. The second-order valence-electron chi connectivity index (χ2n) is 6.86. The van der Waals surface area contributed by atoms with E-state index in [0.717, 1.165) is 29.8 Å². The molecule has 0 bridgehead atoms. The molecule has 4 nitrogen and oxygen atoms in total. The maximum Gasteiger partial charge on any atom is 0.416 e. The predicted octanol–water partition coefficient (Wildman–Crippen LogP) is 4.21. The highest BCUT2D eigenvalue weighted by molar-refractivity contribution is 5.46. The van der Waals surface area contributed by atoms with Gasteiger partial charge in [0.2, 0.25) is 0 Å². The number of aromatic nitrogens is 1. The van der Waals surface area contributed by atoms with Crippen LogP contribution in [0.25, 0.3) is 0 Å². The van der Waals surface area contributed by atoms with Crippen LogP contribution in [0.2, 0.25) is 0 Å². The number of nitrogens with zero attached hydrogens (tertiary/aromatic N) is 1. The van der Waals surface area contributed by atoms with Gasteiger partial charge in [0, 0.05) is 5.92 Å². The summed E-state index contributed by atoms with van der Waals surface area (Å²) in [6.07, 6.45) is -3.52. The van der Waals surface area contributed by atoms with Crippen LogP contribution in [0.3, 0.4) is 0 Å². The molecule has 136 valence electrons. The van der Waals surface area contributed by atoms with Crippen molar-refractivity contribution >= 4 is 5.69 Å². The van der Waals surface area contributed by atoms with Gasteiger partial charge in [-0.1, -0.05) is 12.1 Å². The largest absolute Gasteiger partial charge is 0.508 e. The molecule has 3 atom stereocenters. The van der Waals surface area contributed by atoms with E-state index in [9.17, 15) is 18.3 Å². The first-order valence-corrected chi connectivity index (χ1v) is 8.35. The molecule has 4 N–H and O–H groups in total. The molecule has 2 unspecified atom stereocenters. The number of rotatable bonds is 3. The van der Waals surface area contributed by atoms with Gasteiger partial charge in [0.05, 0.1) is 28.3 Å². The van der Waals surface area contributed by atoms with Gasteiger partial charge < -0.3 is 16.2 Å². The van der Waals surface area contributed by atoms with Crippen molar-refractivity contribution in [2.45, 2.75) is 31.5 Å². The summed E-state index contributed by atoms with van der Waals surface area (Å²) in [6.45, 7) is 1.81. The number of nitrogens with one attached hydrogen (secondary N) is 1. The molecule has 7 heteroatoms. The molecule has 0 amide bonds. The van der Waals surface area contributed by atoms with Crippen LogP contribution in [0.4, 0.5) is 18.9 Å². The van der Waals surface area contributed by atoms with E-state index in [1.165, 1.54) is 12.1 Å². The Morgan fingerprint density at radius 3 is 2.38 bits per heavy atom. The zero-order valence-corrected chi connectivity index (χ0v) is 14.0. The number of aryl methyl sites for hydroxylation is 1. The van der Waals surface area contributed by atoms with Crippen LogP contribution in [0, 0.1) is 12.8 Å². The number of pyridine rings is 1. The molecule has 4 rings (SSSR count). The van der Waals surface area contributed by atoms with Gasteiger partial charge >= 0.3 is 6.18 Å². The zero-order chi connectivity index (χ0) is 18.6. The summed E-state index contributed by atoms with van der Waals surface area (Å²) < 4.78 is 37.9. The maximum atomic E-state index is 12.6. The van der Waals surface area contributed by atoms with Gasteiger partial charge in [-0.2, -0.15) is 13.2 Å². The number of allylic oxidation sites excluding steroid dienone is 1. The fourth-order valence-corrected chi connectivity index (χ4v) is 3.44. The van der Waals surface area contributed by atoms with Crippen molar-refractivity contribution in [3.05, 3.63) is 70.4 Å². The quantitative estimate of drug-likeness (QED) is 0.766. The fourth-order valence-electron chi connectivity index (χ4n) is 3.44. The monoisotopic (exact) mass is 361 g/mol. The van der Waals surface area contributed by atoms with Gasteiger partial charge in [0.25, 0.3) is 0 Å². The number of alkyl halides is 3. The first kappa shape index (κ1) is 16.8. The summed E-state index contributed by atoms with van der Waals surface area (Å²) in [5.41, 5.74) is 8.74. The Bertz CT molecular complexity index is 890. The summed E-state index contributed by atoms with van der Waals surface area (Å²) in [7, 11) is 0. The van der Waals surface area contributed by atoms with Crippen LogP contribution in [-0.2, 0) is 6.18 Å². The lowest BCUT2D eigenvalue weighted by Crippen LogP contribution is -2.36. The molecule has 1 aliphatic heterocycles. The average Bonchev–Trinajstić information content (AvgIpc) is 3.36. The SMILES string of the molecule is Cc1nc([C@@H]2NC(C3CC3c3ccc(C(F)(F)F)cc3)=C2O)ccc1N. The zero-order valence-electron chi connectivity index (χ0n) is 14.0. The third kappa shape index (κ3) is 2.77. The summed E-state index contributed by atoms with van der Waals surface area (Å²) in [5, 5.41) is 13.6. The summed E-state index contributed by atoms with van der Waals surface area (Å²) >= 11 is 0. The van der Waals surface area contributed by atoms with Crippen molar-refractivity contribution in [3.8, 4) is 0 Å². The molecule has 1 aromatic heterocycles. The number of anilines is 1. The number of hydrogen-bond donors (Lipinski definition) is 3. The van der Waals surface area contributed by atoms with E-state index in [4.69, 9.17) is 5.73 Å². The highest BCUT2D eigenvalue weighted by atomic mass is 19.4. The molecule has 2 aromatic rings. The van der Waals surface area contributed by atoms with E-state index < -0.39 is 11.7 Å². The van der Waals surface area contributed by atoms with E-state index in [1.54, 1.807) is 19.1 Å². The standard InChI is InChI=1S/C19H18F3N3O/c1-9-14(23)6-7-15(24-9)17-18(26)16(25-17)13-8-12(13)10-2-4-11(5-3-10)19(20,21)22/h2-7,12-13,17,25-26H,8,23H2,1H3/t12?,13?,17-/m0/s1. The number of halogens is 3. The number of aliphatic hydroxyl groups is 1. The summed E-state index contributed by atoms with van der Waals surface area (Å²) in [4.78, 5) is 4.38. The highest BCUT2D eigenvalue weighted by Gasteiger charge is 2.48. The lowest BCUT2D eigenvalue weighted by Gasteiger charge is -2.32. The molecular weight excluding hydrogens is 343 g/mol. The van der Waals surface area contributed by atoms with Crippen molar-refractivity contribution in [3.63, 3.8) is 0 Å². The molecule has 26 heavy (non-hydrogen) atoms. The van der Waals surface area contributed by atoms with Crippen molar-refractivity contribution in [1.82, 2.24) is 10.3 Å². The van der Waals surface area contributed by atoms with E-state index in [0.29, 0.717) is 17.1 Å². The number of nitrogen functional groups attached to an aromatic ring is 1. The van der Waals surface area contributed by atoms with Crippen LogP contribution in [-0.4, -0.2) is 10.1 Å². The van der Waals surface area contributed by atoms with Gasteiger partial charge in [-0.25, -0.2) is 0 Å². The van der Waals surface area contributed by atoms with Crippen LogP contribution in [0.15, 0.2) is 47.9 Å². The Labute approximate surface area is 148 Å². The average molecular weight is 361 g/mol. The van der Waals surface area contributed by atoms with Gasteiger partial charge in [-0.15, -0.1) is 0 Å². The third-order valence-electron chi connectivity index (χ3n) is 5.12. The van der Waals surface area contributed by atoms with Crippen LogP contribution in [0.1, 0.15) is 40.9 Å². The third-order valence-corrected chi connectivity index (χ3v) is 5.12. The molecule has 0 saturated heterocycles. The highest BCUT2D eigenvalue weighted by Crippen LogP contribution is 2.55. The molecule has 0 radical (unpaired) electrons. The van der Waals surface area contributed by atoms with E-state index >= 15 is 0 Å². The van der Waals surface area contributed by atoms with Gasteiger partial charge in [-0.3, -0.25) is 4.98 Å². The van der Waals surface area contributed by atoms with Crippen molar-refractivity contribution in [2.75, 3.05) is 5.73 Å². The number of hydrogen-bond acceptors (Lipinski definition) is 4. The Balaban J connectivity index is 1.47. The molecule has 1 saturated carbocycles. The summed E-state index contributed by atoms with van der Waals surface area (Å²) in [5.74, 6) is 0.489.